The van der Waals surface area contributed by atoms with E-state index in [1.165, 1.54) is 25.3 Å². The summed E-state index contributed by atoms with van der Waals surface area (Å²) in [7, 11) is 0. The molecule has 3 rings (SSSR count). The minimum Gasteiger partial charge on any atom is -0.507 e. The zero-order valence-corrected chi connectivity index (χ0v) is 11.9. The zero-order valence-electron chi connectivity index (χ0n) is 11.9. The maximum Gasteiger partial charge on any atom is 0.416 e. The molecule has 0 aliphatic carbocycles. The van der Waals surface area contributed by atoms with E-state index in [0.29, 0.717) is 5.39 Å². The second-order valence-electron chi connectivity index (χ2n) is 5.04. The van der Waals surface area contributed by atoms with E-state index in [9.17, 15) is 23.1 Å². The fourth-order valence-corrected chi connectivity index (χ4v) is 2.39. The van der Waals surface area contributed by atoms with Crippen LogP contribution < -0.4 is 5.56 Å². The van der Waals surface area contributed by atoms with Crippen LogP contribution in [0.5, 0.6) is 5.75 Å². The molecule has 4 nitrogen and oxygen atoms in total. The summed E-state index contributed by atoms with van der Waals surface area (Å²) >= 11 is 0. The minimum absolute atomic E-state index is 0.0385. The summed E-state index contributed by atoms with van der Waals surface area (Å²) in [6, 6.07) is 7.54. The Morgan fingerprint density at radius 2 is 1.91 bits per heavy atom. The Kier molecular flexibility index (Phi) is 3.35. The predicted octanol–water partition coefficient (Wildman–Crippen LogP) is 3.42. The van der Waals surface area contributed by atoms with Gasteiger partial charge < -0.3 is 5.11 Å². The van der Waals surface area contributed by atoms with Crippen molar-refractivity contribution in [3.63, 3.8) is 0 Å². The van der Waals surface area contributed by atoms with Crippen LogP contribution in [0.15, 0.2) is 47.4 Å². The quantitative estimate of drug-likeness (QED) is 0.747. The molecule has 118 valence electrons. The Bertz CT molecular complexity index is 962. The van der Waals surface area contributed by atoms with Crippen molar-refractivity contribution in [3.05, 3.63) is 64.1 Å². The normalized spacial score (nSPS) is 11.8. The summed E-state index contributed by atoms with van der Waals surface area (Å²) in [5.74, 6) is -0.221. The number of rotatable bonds is 1. The molecular formula is C16H11F3N2O2. The number of pyridine rings is 2. The molecule has 3 aromatic rings. The van der Waals surface area contributed by atoms with Gasteiger partial charge in [-0.25, -0.2) is 4.98 Å². The topological polar surface area (TPSA) is 55.1 Å². The van der Waals surface area contributed by atoms with Crippen molar-refractivity contribution >= 4 is 11.0 Å². The average Bonchev–Trinajstić information content (AvgIpc) is 2.52. The summed E-state index contributed by atoms with van der Waals surface area (Å²) in [4.78, 5) is 16.5. The molecule has 0 saturated heterocycles. The molecular weight excluding hydrogens is 309 g/mol. The van der Waals surface area contributed by atoms with E-state index in [2.05, 4.69) is 4.98 Å². The lowest BCUT2D eigenvalue weighted by molar-refractivity contribution is -0.137. The Morgan fingerprint density at radius 1 is 1.17 bits per heavy atom. The SMILES string of the molecule is Cc1c(O)c2cccnc2n(-c2cccc(C(F)(F)F)c2)c1=O. The molecule has 2 aromatic heterocycles. The molecule has 23 heavy (non-hydrogen) atoms. The number of halogens is 3. The van der Waals surface area contributed by atoms with Gasteiger partial charge in [0.05, 0.1) is 22.2 Å². The largest absolute Gasteiger partial charge is 0.507 e. The van der Waals surface area contributed by atoms with E-state index in [1.54, 1.807) is 12.1 Å². The van der Waals surface area contributed by atoms with E-state index < -0.39 is 17.3 Å². The fraction of sp³-hybridized carbons (Fsp3) is 0.125. The van der Waals surface area contributed by atoms with Gasteiger partial charge in [-0.15, -0.1) is 0 Å². The molecule has 0 spiro atoms. The van der Waals surface area contributed by atoms with Crippen molar-refractivity contribution in [2.24, 2.45) is 0 Å². The monoisotopic (exact) mass is 320 g/mol. The highest BCUT2D eigenvalue weighted by Gasteiger charge is 2.30. The van der Waals surface area contributed by atoms with E-state index in [4.69, 9.17) is 0 Å². The Morgan fingerprint density at radius 3 is 2.61 bits per heavy atom. The molecule has 0 bridgehead atoms. The lowest BCUT2D eigenvalue weighted by Crippen LogP contribution is -2.22. The van der Waals surface area contributed by atoms with Crippen molar-refractivity contribution < 1.29 is 18.3 Å². The average molecular weight is 320 g/mol. The number of hydrogen-bond acceptors (Lipinski definition) is 3. The maximum atomic E-state index is 12.9. The van der Waals surface area contributed by atoms with Crippen LogP contribution in [0.4, 0.5) is 13.2 Å². The van der Waals surface area contributed by atoms with Gasteiger partial charge in [0.2, 0.25) is 0 Å². The van der Waals surface area contributed by atoms with Crippen LogP contribution in [0.2, 0.25) is 0 Å². The Balaban J connectivity index is 2.40. The van der Waals surface area contributed by atoms with E-state index in [1.807, 2.05) is 0 Å². The van der Waals surface area contributed by atoms with Crippen molar-refractivity contribution in [1.29, 1.82) is 0 Å². The first-order valence-electron chi connectivity index (χ1n) is 6.67. The Labute approximate surface area is 128 Å². The van der Waals surface area contributed by atoms with E-state index in [0.717, 1.165) is 16.7 Å². The van der Waals surface area contributed by atoms with Crippen LogP contribution in [0, 0.1) is 6.92 Å². The standard InChI is InChI=1S/C16H11F3N2O2/c1-9-13(22)12-6-3-7-20-14(12)21(15(9)23)11-5-2-4-10(8-11)16(17,18)19/h2-8,22H,1H3. The van der Waals surface area contributed by atoms with Crippen LogP contribution in [-0.2, 0) is 6.18 Å². The van der Waals surface area contributed by atoms with Crippen LogP contribution in [0.3, 0.4) is 0 Å². The third-order valence-corrected chi connectivity index (χ3v) is 3.56. The number of nitrogens with zero attached hydrogens (tertiary/aromatic N) is 2. The van der Waals surface area contributed by atoms with E-state index in [-0.39, 0.29) is 22.6 Å². The number of benzene rings is 1. The van der Waals surface area contributed by atoms with Gasteiger partial charge in [-0.1, -0.05) is 6.07 Å². The lowest BCUT2D eigenvalue weighted by Gasteiger charge is -2.14. The molecule has 0 aliphatic rings. The first-order chi connectivity index (χ1) is 10.8. The highest BCUT2D eigenvalue weighted by Crippen LogP contribution is 2.31. The summed E-state index contributed by atoms with van der Waals surface area (Å²) in [5, 5.41) is 10.4. The number of hydrogen-bond donors (Lipinski definition) is 1. The van der Waals surface area contributed by atoms with Gasteiger partial charge in [-0.05, 0) is 37.3 Å². The molecule has 0 unspecified atom stereocenters. The van der Waals surface area contributed by atoms with Gasteiger partial charge >= 0.3 is 6.18 Å². The van der Waals surface area contributed by atoms with Crippen molar-refractivity contribution in [2.45, 2.75) is 13.1 Å². The fourth-order valence-electron chi connectivity index (χ4n) is 2.39. The van der Waals surface area contributed by atoms with Crippen molar-refractivity contribution in [2.75, 3.05) is 0 Å². The summed E-state index contributed by atoms with van der Waals surface area (Å²) < 4.78 is 39.8. The third kappa shape index (κ3) is 2.44. The van der Waals surface area contributed by atoms with Crippen LogP contribution in [-0.4, -0.2) is 14.7 Å². The third-order valence-electron chi connectivity index (χ3n) is 3.56. The van der Waals surface area contributed by atoms with E-state index >= 15 is 0 Å². The number of alkyl halides is 3. The number of aromatic nitrogens is 2. The Hall–Kier alpha value is -2.83. The van der Waals surface area contributed by atoms with Crippen LogP contribution in [0.1, 0.15) is 11.1 Å². The summed E-state index contributed by atoms with van der Waals surface area (Å²) in [6.07, 6.45) is -3.12. The maximum absolute atomic E-state index is 12.9. The van der Waals surface area contributed by atoms with Crippen LogP contribution >= 0.6 is 0 Å². The minimum atomic E-state index is -4.52. The first-order valence-corrected chi connectivity index (χ1v) is 6.67. The van der Waals surface area contributed by atoms with Gasteiger partial charge in [0.25, 0.3) is 5.56 Å². The smallest absolute Gasteiger partial charge is 0.416 e. The van der Waals surface area contributed by atoms with Gasteiger partial charge in [0.1, 0.15) is 5.75 Å². The molecule has 0 radical (unpaired) electrons. The number of fused-ring (bicyclic) bond motifs is 1. The molecule has 0 aliphatic heterocycles. The van der Waals surface area contributed by atoms with Gasteiger partial charge in [-0.3, -0.25) is 9.36 Å². The van der Waals surface area contributed by atoms with Crippen molar-refractivity contribution in [3.8, 4) is 11.4 Å². The van der Waals surface area contributed by atoms with Gasteiger partial charge in [0, 0.05) is 6.20 Å². The zero-order chi connectivity index (χ0) is 16.8. The van der Waals surface area contributed by atoms with Crippen molar-refractivity contribution in [1.82, 2.24) is 9.55 Å². The number of aromatic hydroxyl groups is 1. The summed E-state index contributed by atoms with van der Waals surface area (Å²) in [6.45, 7) is 1.41. The van der Waals surface area contributed by atoms with Crippen LogP contribution in [0.25, 0.3) is 16.7 Å². The first kappa shape index (κ1) is 15.1. The molecule has 7 heteroatoms. The highest BCUT2D eigenvalue weighted by molar-refractivity contribution is 5.84. The second-order valence-corrected chi connectivity index (χ2v) is 5.04. The second kappa shape index (κ2) is 5.12. The molecule has 1 N–H and O–H groups in total. The van der Waals surface area contributed by atoms with Gasteiger partial charge in [0.15, 0.2) is 5.65 Å². The van der Waals surface area contributed by atoms with Gasteiger partial charge in [-0.2, -0.15) is 13.2 Å². The molecule has 1 aromatic carbocycles. The molecule has 0 amide bonds. The summed E-state index contributed by atoms with van der Waals surface area (Å²) in [5.41, 5.74) is -1.30. The highest BCUT2D eigenvalue weighted by atomic mass is 19.4. The molecule has 0 fully saturated rings. The lowest BCUT2D eigenvalue weighted by atomic mass is 10.1. The molecule has 2 heterocycles. The molecule has 0 atom stereocenters. The molecule has 0 saturated carbocycles. The predicted molar refractivity (Wildman–Crippen MR) is 78.7 cm³/mol.